The van der Waals surface area contributed by atoms with Crippen molar-refractivity contribution < 1.29 is 4.74 Å². The van der Waals surface area contributed by atoms with Gasteiger partial charge in [-0.2, -0.15) is 0 Å². The van der Waals surface area contributed by atoms with Crippen molar-refractivity contribution in [1.82, 2.24) is 5.32 Å². The third kappa shape index (κ3) is 2.96. The van der Waals surface area contributed by atoms with Gasteiger partial charge in [-0.15, -0.1) is 0 Å². The molecular formula is C12H23NO. The number of hydrogen-bond acceptors (Lipinski definition) is 2. The standard InChI is InChI=1S/C12H23NO/c1-10-5-4-6-11(13-10)9-14-12-7-2-3-8-12/h10-13H,2-9H2,1H3. The molecule has 82 valence electrons. The molecule has 1 N–H and O–H groups in total. The second kappa shape index (κ2) is 5.13. The van der Waals surface area contributed by atoms with Gasteiger partial charge >= 0.3 is 0 Å². The van der Waals surface area contributed by atoms with Crippen LogP contribution < -0.4 is 5.32 Å². The van der Waals surface area contributed by atoms with Crippen LogP contribution in [0.4, 0.5) is 0 Å². The first-order valence-electron chi connectivity index (χ1n) is 6.22. The van der Waals surface area contributed by atoms with Crippen molar-refractivity contribution >= 4 is 0 Å². The monoisotopic (exact) mass is 197 g/mol. The molecule has 1 aliphatic heterocycles. The average molecular weight is 197 g/mol. The highest BCUT2D eigenvalue weighted by Gasteiger charge is 2.21. The van der Waals surface area contributed by atoms with E-state index in [1.807, 2.05) is 0 Å². The fourth-order valence-corrected chi connectivity index (χ4v) is 2.68. The summed E-state index contributed by atoms with van der Waals surface area (Å²) in [6, 6.07) is 1.32. The highest BCUT2D eigenvalue weighted by Crippen LogP contribution is 2.22. The number of rotatable bonds is 3. The Bertz CT molecular complexity index is 166. The first-order valence-corrected chi connectivity index (χ1v) is 6.22. The van der Waals surface area contributed by atoms with Crippen molar-refractivity contribution in [3.05, 3.63) is 0 Å². The largest absolute Gasteiger partial charge is 0.377 e. The highest BCUT2D eigenvalue weighted by atomic mass is 16.5. The number of nitrogens with one attached hydrogen (secondary N) is 1. The first kappa shape index (κ1) is 10.4. The Morgan fingerprint density at radius 3 is 2.57 bits per heavy atom. The lowest BCUT2D eigenvalue weighted by Crippen LogP contribution is -2.43. The van der Waals surface area contributed by atoms with Gasteiger partial charge in [-0.3, -0.25) is 0 Å². The quantitative estimate of drug-likeness (QED) is 0.750. The molecule has 2 rings (SSSR count). The molecule has 1 saturated heterocycles. The molecule has 1 aliphatic carbocycles. The summed E-state index contributed by atoms with van der Waals surface area (Å²) in [6.45, 7) is 3.22. The zero-order chi connectivity index (χ0) is 9.80. The van der Waals surface area contributed by atoms with E-state index in [1.54, 1.807) is 0 Å². The molecule has 0 aromatic heterocycles. The Morgan fingerprint density at radius 2 is 1.86 bits per heavy atom. The lowest BCUT2D eigenvalue weighted by atomic mass is 10.0. The molecule has 2 atom stereocenters. The molecule has 2 aliphatic rings. The van der Waals surface area contributed by atoms with Gasteiger partial charge in [-0.25, -0.2) is 0 Å². The zero-order valence-corrected chi connectivity index (χ0v) is 9.30. The van der Waals surface area contributed by atoms with Gasteiger partial charge in [0.2, 0.25) is 0 Å². The second-order valence-corrected chi connectivity index (χ2v) is 4.94. The number of piperidine rings is 1. The maximum Gasteiger partial charge on any atom is 0.0623 e. The van der Waals surface area contributed by atoms with Gasteiger partial charge in [0, 0.05) is 12.1 Å². The number of hydrogen-bond donors (Lipinski definition) is 1. The third-order valence-electron chi connectivity index (χ3n) is 3.55. The van der Waals surface area contributed by atoms with Crippen molar-refractivity contribution in [3.63, 3.8) is 0 Å². The highest BCUT2D eigenvalue weighted by molar-refractivity contribution is 4.78. The Balaban J connectivity index is 1.64. The SMILES string of the molecule is CC1CCCC(COC2CCCC2)N1. The van der Waals surface area contributed by atoms with Crippen molar-refractivity contribution in [3.8, 4) is 0 Å². The molecule has 0 aromatic carbocycles. The van der Waals surface area contributed by atoms with Gasteiger partial charge in [0.15, 0.2) is 0 Å². The van der Waals surface area contributed by atoms with Crippen LogP contribution in [0.3, 0.4) is 0 Å². The van der Waals surface area contributed by atoms with Gasteiger partial charge in [-0.05, 0) is 32.6 Å². The van der Waals surface area contributed by atoms with Gasteiger partial charge in [-0.1, -0.05) is 19.3 Å². The van der Waals surface area contributed by atoms with Crippen LogP contribution in [-0.4, -0.2) is 24.8 Å². The molecular weight excluding hydrogens is 174 g/mol. The Morgan fingerprint density at radius 1 is 1.07 bits per heavy atom. The molecule has 0 amide bonds. The predicted molar refractivity (Wildman–Crippen MR) is 58.4 cm³/mol. The van der Waals surface area contributed by atoms with Crippen LogP contribution in [0.15, 0.2) is 0 Å². The number of ether oxygens (including phenoxy) is 1. The normalized spacial score (nSPS) is 34.9. The van der Waals surface area contributed by atoms with E-state index < -0.39 is 0 Å². The summed E-state index contributed by atoms with van der Waals surface area (Å²) in [4.78, 5) is 0. The van der Waals surface area contributed by atoms with E-state index in [1.165, 1.54) is 44.9 Å². The molecule has 2 unspecified atom stereocenters. The van der Waals surface area contributed by atoms with Crippen LogP contribution >= 0.6 is 0 Å². The minimum Gasteiger partial charge on any atom is -0.377 e. The molecule has 1 saturated carbocycles. The van der Waals surface area contributed by atoms with Crippen molar-refractivity contribution in [2.45, 2.75) is 70.1 Å². The van der Waals surface area contributed by atoms with Crippen LogP contribution in [0.5, 0.6) is 0 Å². The summed E-state index contributed by atoms with van der Waals surface area (Å²) in [5.74, 6) is 0. The van der Waals surface area contributed by atoms with E-state index in [4.69, 9.17) is 4.74 Å². The van der Waals surface area contributed by atoms with E-state index in [0.717, 1.165) is 6.61 Å². The van der Waals surface area contributed by atoms with E-state index in [9.17, 15) is 0 Å². The molecule has 2 nitrogen and oxygen atoms in total. The van der Waals surface area contributed by atoms with Crippen LogP contribution in [0.2, 0.25) is 0 Å². The van der Waals surface area contributed by atoms with Crippen molar-refractivity contribution in [2.75, 3.05) is 6.61 Å². The van der Waals surface area contributed by atoms with Crippen molar-refractivity contribution in [1.29, 1.82) is 0 Å². The third-order valence-corrected chi connectivity index (χ3v) is 3.55. The Hall–Kier alpha value is -0.0800. The summed E-state index contributed by atoms with van der Waals surface area (Å²) in [5.41, 5.74) is 0. The summed E-state index contributed by atoms with van der Waals surface area (Å²) in [7, 11) is 0. The van der Waals surface area contributed by atoms with E-state index >= 15 is 0 Å². The molecule has 2 heteroatoms. The second-order valence-electron chi connectivity index (χ2n) is 4.94. The van der Waals surface area contributed by atoms with Gasteiger partial charge in [0.25, 0.3) is 0 Å². The van der Waals surface area contributed by atoms with Crippen molar-refractivity contribution in [2.24, 2.45) is 0 Å². The Kier molecular flexibility index (Phi) is 3.82. The molecule has 0 radical (unpaired) electrons. The minimum absolute atomic E-state index is 0.578. The summed E-state index contributed by atoms with van der Waals surface area (Å²) < 4.78 is 5.93. The summed E-state index contributed by atoms with van der Waals surface area (Å²) in [6.07, 6.45) is 9.92. The first-order chi connectivity index (χ1) is 6.84. The molecule has 0 spiro atoms. The van der Waals surface area contributed by atoms with Gasteiger partial charge < -0.3 is 10.1 Å². The van der Waals surface area contributed by atoms with Gasteiger partial charge in [0.1, 0.15) is 0 Å². The van der Waals surface area contributed by atoms with Crippen LogP contribution in [0.1, 0.15) is 51.9 Å². The summed E-state index contributed by atoms with van der Waals surface area (Å²) in [5, 5.41) is 3.62. The maximum atomic E-state index is 5.93. The fourth-order valence-electron chi connectivity index (χ4n) is 2.68. The fraction of sp³-hybridized carbons (Fsp3) is 1.00. The minimum atomic E-state index is 0.578. The maximum absolute atomic E-state index is 5.93. The van der Waals surface area contributed by atoms with E-state index in [0.29, 0.717) is 18.2 Å². The molecule has 0 bridgehead atoms. The molecule has 0 aromatic rings. The van der Waals surface area contributed by atoms with Crippen LogP contribution in [0.25, 0.3) is 0 Å². The van der Waals surface area contributed by atoms with Crippen LogP contribution in [-0.2, 0) is 4.74 Å². The van der Waals surface area contributed by atoms with E-state index in [2.05, 4.69) is 12.2 Å². The zero-order valence-electron chi connectivity index (χ0n) is 9.30. The molecule has 14 heavy (non-hydrogen) atoms. The van der Waals surface area contributed by atoms with E-state index in [-0.39, 0.29) is 0 Å². The lowest BCUT2D eigenvalue weighted by Gasteiger charge is -2.29. The predicted octanol–water partition coefficient (Wildman–Crippen LogP) is 2.48. The lowest BCUT2D eigenvalue weighted by molar-refractivity contribution is 0.0349. The Labute approximate surface area is 87.4 Å². The average Bonchev–Trinajstić information content (AvgIpc) is 2.67. The van der Waals surface area contributed by atoms with Gasteiger partial charge in [0.05, 0.1) is 12.7 Å². The summed E-state index contributed by atoms with van der Waals surface area (Å²) >= 11 is 0. The topological polar surface area (TPSA) is 21.3 Å². The molecule has 1 heterocycles. The molecule has 2 fully saturated rings. The van der Waals surface area contributed by atoms with Crippen LogP contribution in [0, 0.1) is 0 Å². The smallest absolute Gasteiger partial charge is 0.0623 e.